The predicted molar refractivity (Wildman–Crippen MR) is 81.0 cm³/mol. The van der Waals surface area contributed by atoms with Crippen molar-refractivity contribution in [2.75, 3.05) is 13.2 Å². The molecular weight excluding hydrogens is 274 g/mol. The second-order valence-corrected chi connectivity index (χ2v) is 4.86. The first-order chi connectivity index (χ1) is 9.79. The summed E-state index contributed by atoms with van der Waals surface area (Å²) in [6, 6.07) is 15.5. The predicted octanol–water partition coefficient (Wildman–Crippen LogP) is 3.00. The van der Waals surface area contributed by atoms with Crippen molar-refractivity contribution < 1.29 is 9.84 Å². The largest absolute Gasteiger partial charge is 0.489 e. The van der Waals surface area contributed by atoms with E-state index in [0.29, 0.717) is 19.7 Å². The van der Waals surface area contributed by atoms with Crippen molar-refractivity contribution in [1.82, 2.24) is 5.32 Å². The van der Waals surface area contributed by atoms with Gasteiger partial charge < -0.3 is 15.2 Å². The number of nitrogens with one attached hydrogen (secondary N) is 1. The van der Waals surface area contributed by atoms with E-state index in [1.165, 1.54) is 0 Å². The molecule has 0 spiro atoms. The molecule has 4 heteroatoms. The third-order valence-electron chi connectivity index (χ3n) is 2.88. The Labute approximate surface area is 124 Å². The molecule has 0 heterocycles. The molecule has 0 saturated heterocycles. The van der Waals surface area contributed by atoms with Crippen molar-refractivity contribution in [3.05, 3.63) is 64.7 Å². The average molecular weight is 292 g/mol. The van der Waals surface area contributed by atoms with E-state index in [1.54, 1.807) is 0 Å². The molecule has 0 aliphatic rings. The van der Waals surface area contributed by atoms with E-state index in [9.17, 15) is 0 Å². The fourth-order valence-electron chi connectivity index (χ4n) is 1.83. The van der Waals surface area contributed by atoms with E-state index in [-0.39, 0.29) is 6.61 Å². The van der Waals surface area contributed by atoms with E-state index in [2.05, 4.69) is 5.32 Å². The Kier molecular flexibility index (Phi) is 5.87. The Morgan fingerprint density at radius 2 is 1.80 bits per heavy atom. The number of benzene rings is 2. The average Bonchev–Trinajstić information content (AvgIpc) is 2.48. The maximum absolute atomic E-state index is 8.78. The summed E-state index contributed by atoms with van der Waals surface area (Å²) in [5.41, 5.74) is 2.16. The number of rotatable bonds is 7. The number of hydrogen-bond acceptors (Lipinski definition) is 3. The lowest BCUT2D eigenvalue weighted by molar-refractivity contribution is 0.288. The van der Waals surface area contributed by atoms with E-state index in [1.807, 2.05) is 48.5 Å². The molecule has 20 heavy (non-hydrogen) atoms. The standard InChI is InChI=1S/C16H18ClNO2/c17-15-7-5-13(6-8-15)12-20-16-4-2-1-3-14(16)11-18-9-10-19/h1-8,18-19H,9-12H2. The Morgan fingerprint density at radius 1 is 1.05 bits per heavy atom. The van der Waals surface area contributed by atoms with Gasteiger partial charge in [-0.05, 0) is 23.8 Å². The van der Waals surface area contributed by atoms with Crippen molar-refractivity contribution in [1.29, 1.82) is 0 Å². The molecule has 2 aromatic rings. The molecule has 0 saturated carbocycles. The van der Waals surface area contributed by atoms with Crippen LogP contribution in [0.25, 0.3) is 0 Å². The van der Waals surface area contributed by atoms with Crippen LogP contribution in [0.1, 0.15) is 11.1 Å². The summed E-state index contributed by atoms with van der Waals surface area (Å²) in [5, 5.41) is 12.7. The zero-order chi connectivity index (χ0) is 14.2. The van der Waals surface area contributed by atoms with Crippen LogP contribution in [-0.4, -0.2) is 18.3 Å². The first kappa shape index (κ1) is 14.9. The van der Waals surface area contributed by atoms with Crippen LogP contribution in [0.4, 0.5) is 0 Å². The van der Waals surface area contributed by atoms with Crippen LogP contribution >= 0.6 is 11.6 Å². The maximum Gasteiger partial charge on any atom is 0.124 e. The van der Waals surface area contributed by atoms with Crippen molar-refractivity contribution in [2.24, 2.45) is 0 Å². The number of hydrogen-bond donors (Lipinski definition) is 2. The summed E-state index contributed by atoms with van der Waals surface area (Å²) >= 11 is 5.86. The van der Waals surface area contributed by atoms with Crippen LogP contribution in [0.3, 0.4) is 0 Å². The Bertz CT molecular complexity index is 528. The Morgan fingerprint density at radius 3 is 2.55 bits per heavy atom. The van der Waals surface area contributed by atoms with Gasteiger partial charge in [0.15, 0.2) is 0 Å². The molecule has 106 valence electrons. The lowest BCUT2D eigenvalue weighted by Gasteiger charge is -2.12. The highest BCUT2D eigenvalue weighted by Crippen LogP contribution is 2.19. The summed E-state index contributed by atoms with van der Waals surface area (Å²) in [7, 11) is 0. The van der Waals surface area contributed by atoms with Gasteiger partial charge in [-0.3, -0.25) is 0 Å². The minimum absolute atomic E-state index is 0.133. The maximum atomic E-state index is 8.78. The Balaban J connectivity index is 1.96. The molecule has 2 aromatic carbocycles. The molecule has 2 rings (SSSR count). The van der Waals surface area contributed by atoms with Gasteiger partial charge in [-0.2, -0.15) is 0 Å². The van der Waals surface area contributed by atoms with E-state index < -0.39 is 0 Å². The van der Waals surface area contributed by atoms with Gasteiger partial charge in [0.05, 0.1) is 6.61 Å². The second-order valence-electron chi connectivity index (χ2n) is 4.42. The zero-order valence-electron chi connectivity index (χ0n) is 11.2. The van der Waals surface area contributed by atoms with Gasteiger partial charge in [0.25, 0.3) is 0 Å². The third-order valence-corrected chi connectivity index (χ3v) is 3.14. The highest BCUT2D eigenvalue weighted by Gasteiger charge is 2.03. The smallest absolute Gasteiger partial charge is 0.124 e. The molecule has 3 nitrogen and oxygen atoms in total. The summed E-state index contributed by atoms with van der Waals surface area (Å²) in [5.74, 6) is 0.855. The zero-order valence-corrected chi connectivity index (χ0v) is 11.9. The molecule has 0 aliphatic heterocycles. The van der Waals surface area contributed by atoms with Crippen LogP contribution in [-0.2, 0) is 13.2 Å². The highest BCUT2D eigenvalue weighted by molar-refractivity contribution is 6.30. The molecule has 0 aliphatic carbocycles. The first-order valence-electron chi connectivity index (χ1n) is 6.56. The van der Waals surface area contributed by atoms with E-state index in [0.717, 1.165) is 21.9 Å². The second kappa shape index (κ2) is 7.90. The Hall–Kier alpha value is -1.55. The molecule has 0 radical (unpaired) electrons. The molecule has 2 N–H and O–H groups in total. The van der Waals surface area contributed by atoms with Crippen molar-refractivity contribution in [2.45, 2.75) is 13.2 Å². The molecule has 0 aromatic heterocycles. The SMILES string of the molecule is OCCNCc1ccccc1OCc1ccc(Cl)cc1. The molecular formula is C16H18ClNO2. The minimum atomic E-state index is 0.133. The summed E-state index contributed by atoms with van der Waals surface area (Å²) in [6.07, 6.45) is 0. The number of aliphatic hydroxyl groups excluding tert-OH is 1. The van der Waals surface area contributed by atoms with Gasteiger partial charge in [-0.25, -0.2) is 0 Å². The summed E-state index contributed by atoms with van der Waals surface area (Å²) < 4.78 is 5.85. The number of ether oxygens (including phenoxy) is 1. The monoisotopic (exact) mass is 291 g/mol. The van der Waals surface area contributed by atoms with Gasteiger partial charge in [0.1, 0.15) is 12.4 Å². The van der Waals surface area contributed by atoms with Crippen LogP contribution in [0.15, 0.2) is 48.5 Å². The van der Waals surface area contributed by atoms with Crippen LogP contribution < -0.4 is 10.1 Å². The van der Waals surface area contributed by atoms with Crippen molar-refractivity contribution in [3.63, 3.8) is 0 Å². The van der Waals surface area contributed by atoms with Crippen LogP contribution in [0.5, 0.6) is 5.75 Å². The molecule has 0 amide bonds. The molecule has 0 fully saturated rings. The molecule has 0 bridgehead atoms. The number of aliphatic hydroxyl groups is 1. The van der Waals surface area contributed by atoms with Gasteiger partial charge >= 0.3 is 0 Å². The topological polar surface area (TPSA) is 41.5 Å². The van der Waals surface area contributed by atoms with Gasteiger partial charge in [0, 0.05) is 23.7 Å². The van der Waals surface area contributed by atoms with E-state index in [4.69, 9.17) is 21.4 Å². The third kappa shape index (κ3) is 4.53. The normalized spacial score (nSPS) is 10.5. The number of para-hydroxylation sites is 1. The first-order valence-corrected chi connectivity index (χ1v) is 6.94. The lowest BCUT2D eigenvalue weighted by Crippen LogP contribution is -2.18. The van der Waals surface area contributed by atoms with Gasteiger partial charge in [-0.15, -0.1) is 0 Å². The van der Waals surface area contributed by atoms with Crippen LogP contribution in [0.2, 0.25) is 5.02 Å². The quantitative estimate of drug-likeness (QED) is 0.771. The van der Waals surface area contributed by atoms with E-state index >= 15 is 0 Å². The number of halogens is 1. The van der Waals surface area contributed by atoms with Gasteiger partial charge in [0.2, 0.25) is 0 Å². The van der Waals surface area contributed by atoms with Crippen molar-refractivity contribution >= 4 is 11.6 Å². The molecule has 0 unspecified atom stereocenters. The summed E-state index contributed by atoms with van der Waals surface area (Å²) in [6.45, 7) is 1.89. The molecule has 0 atom stereocenters. The fourth-order valence-corrected chi connectivity index (χ4v) is 1.96. The fraction of sp³-hybridized carbons (Fsp3) is 0.250. The summed E-state index contributed by atoms with van der Waals surface area (Å²) in [4.78, 5) is 0. The minimum Gasteiger partial charge on any atom is -0.489 e. The highest BCUT2D eigenvalue weighted by atomic mass is 35.5. The van der Waals surface area contributed by atoms with Crippen LogP contribution in [0, 0.1) is 0 Å². The van der Waals surface area contributed by atoms with Crippen molar-refractivity contribution in [3.8, 4) is 5.75 Å². The van der Waals surface area contributed by atoms with Gasteiger partial charge in [-0.1, -0.05) is 41.9 Å². The lowest BCUT2D eigenvalue weighted by atomic mass is 10.2.